The van der Waals surface area contributed by atoms with E-state index in [0.717, 1.165) is 11.6 Å². The fourth-order valence-corrected chi connectivity index (χ4v) is 1.71. The summed E-state index contributed by atoms with van der Waals surface area (Å²) < 4.78 is 4.88. The standard InChI is InChI=1S/C20H12O3S2/c1-23-15-19(11-13-25)9-7-17-4-2-16(3-5-17)6-8-18(10-12-24)14-20(21)22/h2-5,14-15,24-25H,1H3,(H,21,22)/b18-14-,19-15-. The lowest BCUT2D eigenvalue weighted by atomic mass is 10.1. The Morgan fingerprint density at radius 1 is 0.960 bits per heavy atom. The monoisotopic (exact) mass is 364 g/mol. The number of allylic oxidation sites excluding steroid dienone is 2. The molecular formula is C20H12O3S2. The zero-order chi connectivity index (χ0) is 18.5. The zero-order valence-corrected chi connectivity index (χ0v) is 14.9. The number of methoxy groups -OCH3 is 1. The van der Waals surface area contributed by atoms with Crippen molar-refractivity contribution in [3.05, 3.63) is 58.9 Å². The molecule has 0 aliphatic heterocycles. The predicted molar refractivity (Wildman–Crippen MR) is 105 cm³/mol. The lowest BCUT2D eigenvalue weighted by Gasteiger charge is -1.92. The fraction of sp³-hybridized carbons (Fsp3) is 0.0500. The number of aliphatic carboxylic acids is 1. The van der Waals surface area contributed by atoms with E-state index in [1.54, 1.807) is 24.3 Å². The first-order valence-corrected chi connectivity index (χ1v) is 7.60. The van der Waals surface area contributed by atoms with E-state index in [9.17, 15) is 4.79 Å². The summed E-state index contributed by atoms with van der Waals surface area (Å²) in [5.74, 6) is 15.5. The summed E-state index contributed by atoms with van der Waals surface area (Å²) in [5, 5.41) is 13.5. The maximum atomic E-state index is 10.7. The summed E-state index contributed by atoms with van der Waals surface area (Å²) in [4.78, 5) is 10.7. The molecule has 0 saturated heterocycles. The molecule has 0 unspecified atom stereocenters. The molecule has 0 aliphatic carbocycles. The fourth-order valence-electron chi connectivity index (χ4n) is 1.47. The molecule has 0 spiro atoms. The van der Waals surface area contributed by atoms with Gasteiger partial charge in [0.05, 0.1) is 12.7 Å². The Morgan fingerprint density at radius 2 is 1.44 bits per heavy atom. The maximum absolute atomic E-state index is 10.7. The van der Waals surface area contributed by atoms with Crippen LogP contribution in [0.5, 0.6) is 0 Å². The molecule has 122 valence electrons. The van der Waals surface area contributed by atoms with Crippen LogP contribution in [0.15, 0.2) is 47.7 Å². The minimum atomic E-state index is -1.12. The van der Waals surface area contributed by atoms with E-state index in [2.05, 4.69) is 71.3 Å². The van der Waals surface area contributed by atoms with E-state index >= 15 is 0 Å². The summed E-state index contributed by atoms with van der Waals surface area (Å²) in [6.07, 6.45) is 2.37. The largest absolute Gasteiger partial charge is 0.502 e. The van der Waals surface area contributed by atoms with Gasteiger partial charge in [0.25, 0.3) is 0 Å². The maximum Gasteiger partial charge on any atom is 0.330 e. The number of ether oxygens (including phenoxy) is 1. The highest BCUT2D eigenvalue weighted by Gasteiger charge is 1.94. The first-order valence-electron chi connectivity index (χ1n) is 6.71. The molecule has 0 heterocycles. The summed E-state index contributed by atoms with van der Waals surface area (Å²) in [6.45, 7) is 0. The molecule has 5 heteroatoms. The molecule has 25 heavy (non-hydrogen) atoms. The number of rotatable bonds is 2. The summed E-state index contributed by atoms with van der Waals surface area (Å²) >= 11 is 7.57. The summed E-state index contributed by atoms with van der Waals surface area (Å²) in [5.41, 5.74) is 2.15. The lowest BCUT2D eigenvalue weighted by molar-refractivity contribution is -0.131. The van der Waals surface area contributed by atoms with E-state index in [1.165, 1.54) is 13.4 Å². The van der Waals surface area contributed by atoms with Crippen molar-refractivity contribution in [2.75, 3.05) is 7.11 Å². The number of hydrogen-bond donors (Lipinski definition) is 3. The van der Waals surface area contributed by atoms with Gasteiger partial charge < -0.3 is 9.84 Å². The van der Waals surface area contributed by atoms with Gasteiger partial charge >= 0.3 is 5.97 Å². The summed E-state index contributed by atoms with van der Waals surface area (Å²) in [6, 6.07) is 7.13. The molecule has 0 aromatic heterocycles. The van der Waals surface area contributed by atoms with Crippen molar-refractivity contribution in [3.63, 3.8) is 0 Å². The van der Waals surface area contributed by atoms with Crippen LogP contribution >= 0.6 is 25.3 Å². The van der Waals surface area contributed by atoms with Crippen LogP contribution in [0.4, 0.5) is 0 Å². The minimum Gasteiger partial charge on any atom is -0.502 e. The predicted octanol–water partition coefficient (Wildman–Crippen LogP) is 2.71. The third kappa shape index (κ3) is 8.36. The van der Waals surface area contributed by atoms with Crippen LogP contribution < -0.4 is 0 Å². The Bertz CT molecular complexity index is 940. The van der Waals surface area contributed by atoms with Crippen molar-refractivity contribution in [1.29, 1.82) is 0 Å². The summed E-state index contributed by atoms with van der Waals surface area (Å²) in [7, 11) is 1.51. The van der Waals surface area contributed by atoms with E-state index < -0.39 is 5.97 Å². The first-order chi connectivity index (χ1) is 12.1. The molecule has 0 aliphatic rings. The third-order valence-electron chi connectivity index (χ3n) is 2.45. The van der Waals surface area contributed by atoms with Gasteiger partial charge in [-0.1, -0.05) is 43.0 Å². The average molecular weight is 364 g/mol. The van der Waals surface area contributed by atoms with Crippen molar-refractivity contribution >= 4 is 31.2 Å². The molecule has 0 atom stereocenters. The molecule has 0 bridgehead atoms. The van der Waals surface area contributed by atoms with Gasteiger partial charge in [0.15, 0.2) is 0 Å². The Balaban J connectivity index is 2.99. The Kier molecular flexibility index (Phi) is 9.14. The van der Waals surface area contributed by atoms with E-state index in [-0.39, 0.29) is 5.57 Å². The number of carboxylic acids is 1. The zero-order valence-electron chi connectivity index (χ0n) is 13.1. The van der Waals surface area contributed by atoms with Crippen molar-refractivity contribution < 1.29 is 14.6 Å². The Morgan fingerprint density at radius 3 is 1.88 bits per heavy atom. The second-order valence-corrected chi connectivity index (χ2v) is 4.66. The normalized spacial score (nSPS) is 9.72. The Hall–Kier alpha value is -3.09. The molecule has 1 rings (SSSR count). The lowest BCUT2D eigenvalue weighted by Crippen LogP contribution is -1.89. The molecule has 1 N–H and O–H groups in total. The number of hydrogen-bond acceptors (Lipinski definition) is 4. The van der Waals surface area contributed by atoms with Gasteiger partial charge in [0, 0.05) is 17.2 Å². The minimum absolute atomic E-state index is 0.172. The molecular weight excluding hydrogens is 352 g/mol. The van der Waals surface area contributed by atoms with Crippen LogP contribution in [-0.2, 0) is 9.53 Å². The van der Waals surface area contributed by atoms with E-state index in [0.29, 0.717) is 11.1 Å². The van der Waals surface area contributed by atoms with Gasteiger partial charge in [0.1, 0.15) is 11.8 Å². The van der Waals surface area contributed by atoms with Crippen LogP contribution in [0.2, 0.25) is 0 Å². The van der Waals surface area contributed by atoms with Crippen molar-refractivity contribution in [1.82, 2.24) is 0 Å². The molecule has 1 aromatic rings. The van der Waals surface area contributed by atoms with Gasteiger partial charge in [-0.3, -0.25) is 0 Å². The van der Waals surface area contributed by atoms with Gasteiger partial charge in [-0.15, -0.1) is 0 Å². The van der Waals surface area contributed by atoms with Gasteiger partial charge in [-0.25, -0.2) is 4.79 Å². The van der Waals surface area contributed by atoms with Gasteiger partial charge in [-0.2, -0.15) is 0 Å². The molecule has 0 radical (unpaired) electrons. The molecule has 3 nitrogen and oxygen atoms in total. The van der Waals surface area contributed by atoms with Crippen LogP contribution in [0.25, 0.3) is 0 Å². The van der Waals surface area contributed by atoms with Crippen molar-refractivity contribution in [2.45, 2.75) is 0 Å². The highest BCUT2D eigenvalue weighted by molar-refractivity contribution is 7.85. The van der Waals surface area contributed by atoms with Crippen LogP contribution in [0.3, 0.4) is 0 Å². The molecule has 0 saturated carbocycles. The third-order valence-corrected chi connectivity index (χ3v) is 2.68. The second-order valence-electron chi connectivity index (χ2n) is 4.21. The Labute approximate surface area is 158 Å². The van der Waals surface area contributed by atoms with E-state index in [1.807, 2.05) is 0 Å². The van der Waals surface area contributed by atoms with E-state index in [4.69, 9.17) is 9.84 Å². The second kappa shape index (κ2) is 11.4. The average Bonchev–Trinajstić information content (AvgIpc) is 2.59. The number of carbonyl (C=O) groups is 1. The smallest absolute Gasteiger partial charge is 0.330 e. The van der Waals surface area contributed by atoms with Gasteiger partial charge in [0.2, 0.25) is 0 Å². The number of thiol groups is 2. The van der Waals surface area contributed by atoms with Crippen LogP contribution in [-0.4, -0.2) is 18.2 Å². The molecule has 0 fully saturated rings. The van der Waals surface area contributed by atoms with Crippen molar-refractivity contribution in [3.8, 4) is 46.0 Å². The van der Waals surface area contributed by atoms with Crippen molar-refractivity contribution in [2.24, 2.45) is 0 Å². The first kappa shape index (κ1) is 20.0. The number of benzene rings is 1. The quantitative estimate of drug-likeness (QED) is 0.327. The SMILES string of the molecule is CO/C=C(\C#CS)C#Cc1ccc(C#C/C(C#CS)=C/C(=O)O)cc1. The highest BCUT2D eigenvalue weighted by atomic mass is 32.1. The van der Waals surface area contributed by atoms with Crippen LogP contribution in [0, 0.1) is 46.0 Å². The van der Waals surface area contributed by atoms with Gasteiger partial charge in [-0.05, 0) is 52.5 Å². The highest BCUT2D eigenvalue weighted by Crippen LogP contribution is 2.03. The van der Waals surface area contributed by atoms with Crippen LogP contribution in [0.1, 0.15) is 11.1 Å². The molecule has 1 aromatic carbocycles. The topological polar surface area (TPSA) is 46.5 Å². The number of carboxylic acid groups (broad SMARTS) is 1. The molecule has 0 amide bonds.